The van der Waals surface area contributed by atoms with Gasteiger partial charge in [0.2, 0.25) is 5.88 Å². The first kappa shape index (κ1) is 29.8. The van der Waals surface area contributed by atoms with E-state index in [-0.39, 0.29) is 23.8 Å². The molecule has 1 saturated heterocycles. The summed E-state index contributed by atoms with van der Waals surface area (Å²) >= 11 is 0. The molecule has 1 aromatic carbocycles. The summed E-state index contributed by atoms with van der Waals surface area (Å²) < 4.78 is 46.7. The van der Waals surface area contributed by atoms with Gasteiger partial charge in [0.15, 0.2) is 5.82 Å². The lowest BCUT2D eigenvalue weighted by molar-refractivity contribution is -0.137. The summed E-state index contributed by atoms with van der Waals surface area (Å²) in [5, 5.41) is 0. The molecule has 2 unspecified atom stereocenters. The number of anilines is 1. The van der Waals surface area contributed by atoms with E-state index in [2.05, 4.69) is 28.6 Å². The van der Waals surface area contributed by atoms with Crippen molar-refractivity contribution in [2.75, 3.05) is 45.2 Å². The first-order valence-electron chi connectivity index (χ1n) is 13.8. The Labute approximate surface area is 233 Å². The van der Waals surface area contributed by atoms with Gasteiger partial charge in [0.1, 0.15) is 12.1 Å². The van der Waals surface area contributed by atoms with Crippen LogP contribution in [0.25, 0.3) is 11.0 Å². The third-order valence-electron chi connectivity index (χ3n) is 7.87. The fourth-order valence-corrected chi connectivity index (χ4v) is 5.37. The van der Waals surface area contributed by atoms with Crippen LogP contribution in [0.4, 0.5) is 19.0 Å². The molecule has 0 amide bonds. The van der Waals surface area contributed by atoms with Crippen LogP contribution in [0.5, 0.6) is 5.88 Å². The Balaban J connectivity index is 1.66. The van der Waals surface area contributed by atoms with Crippen molar-refractivity contribution in [3.63, 3.8) is 0 Å². The first-order chi connectivity index (χ1) is 18.9. The lowest BCUT2D eigenvalue weighted by Crippen LogP contribution is -2.59. The van der Waals surface area contributed by atoms with E-state index in [1.165, 1.54) is 4.57 Å². The van der Waals surface area contributed by atoms with E-state index in [4.69, 9.17) is 9.72 Å². The molecular weight excluding hydrogens is 521 g/mol. The Morgan fingerprint density at radius 1 is 1.02 bits per heavy atom. The average Bonchev–Trinajstić information content (AvgIpc) is 2.93. The van der Waals surface area contributed by atoms with Crippen molar-refractivity contribution in [3.8, 4) is 5.88 Å². The number of piperazine rings is 1. The SMILES string of the molecule is CCC1CN(C(C)c2ccc(C(F)(F)F)cc2)[C@H](CC)CN1c1nc(=O)n(C)c2ccc(OCCN(C)C)nc12. The van der Waals surface area contributed by atoms with Crippen LogP contribution in [0.15, 0.2) is 41.2 Å². The number of fused-ring (bicyclic) bond motifs is 1. The predicted octanol–water partition coefficient (Wildman–Crippen LogP) is 4.73. The standard InChI is InChI=1S/C29H39F3N6O2/c1-7-22-18-38(23(8-2)17-37(22)19(3)20-9-11-21(12-10-20)29(30,31)32)27-26-24(36(6)28(39)34-27)13-14-25(33-26)40-16-15-35(4)5/h9-14,19,22-23H,7-8,15-18H2,1-6H3/t19?,22-,23?/m1/s1. The molecule has 0 N–H and O–H groups in total. The second-order valence-electron chi connectivity index (χ2n) is 10.7. The zero-order valence-corrected chi connectivity index (χ0v) is 24.1. The molecule has 1 aliphatic rings. The summed E-state index contributed by atoms with van der Waals surface area (Å²) in [7, 11) is 5.63. The van der Waals surface area contributed by atoms with Crippen molar-refractivity contribution in [1.82, 2.24) is 24.3 Å². The van der Waals surface area contributed by atoms with Gasteiger partial charge >= 0.3 is 11.9 Å². The van der Waals surface area contributed by atoms with E-state index in [1.807, 2.05) is 32.0 Å². The maximum Gasteiger partial charge on any atom is 0.416 e. The summed E-state index contributed by atoms with van der Waals surface area (Å²) in [5.41, 5.74) is 1.13. The maximum absolute atomic E-state index is 13.1. The maximum atomic E-state index is 13.1. The first-order valence-corrected chi connectivity index (χ1v) is 13.8. The van der Waals surface area contributed by atoms with E-state index in [1.54, 1.807) is 25.2 Å². The van der Waals surface area contributed by atoms with Crippen LogP contribution in [-0.2, 0) is 13.2 Å². The number of halogens is 3. The Kier molecular flexibility index (Phi) is 9.04. The summed E-state index contributed by atoms with van der Waals surface area (Å²) in [6, 6.07) is 9.13. The smallest absolute Gasteiger partial charge is 0.416 e. The van der Waals surface area contributed by atoms with E-state index in [0.29, 0.717) is 42.4 Å². The minimum atomic E-state index is -4.36. The number of aryl methyl sites for hydroxylation is 1. The third kappa shape index (κ3) is 6.25. The van der Waals surface area contributed by atoms with Crippen molar-refractivity contribution < 1.29 is 17.9 Å². The molecule has 1 fully saturated rings. The number of ether oxygens (including phenoxy) is 1. The summed E-state index contributed by atoms with van der Waals surface area (Å²) in [5.74, 6) is 1.02. The molecule has 11 heteroatoms. The number of likely N-dealkylation sites (N-methyl/N-ethyl adjacent to an activating group) is 1. The van der Waals surface area contributed by atoms with Crippen LogP contribution in [0.2, 0.25) is 0 Å². The monoisotopic (exact) mass is 560 g/mol. The molecule has 40 heavy (non-hydrogen) atoms. The number of hydrogen-bond acceptors (Lipinski definition) is 7. The molecular formula is C29H39F3N6O2. The van der Waals surface area contributed by atoms with E-state index in [0.717, 1.165) is 37.1 Å². The molecule has 2 aromatic heterocycles. The minimum Gasteiger partial charge on any atom is -0.476 e. The molecule has 3 atom stereocenters. The second kappa shape index (κ2) is 12.1. The van der Waals surface area contributed by atoms with E-state index < -0.39 is 11.7 Å². The normalized spacial score (nSPS) is 19.4. The molecule has 0 spiro atoms. The largest absolute Gasteiger partial charge is 0.476 e. The molecule has 0 radical (unpaired) electrons. The molecule has 3 heterocycles. The Bertz CT molecular complexity index is 1360. The fraction of sp³-hybridized carbons (Fsp3) is 0.552. The fourth-order valence-electron chi connectivity index (χ4n) is 5.37. The van der Waals surface area contributed by atoms with Crippen molar-refractivity contribution in [3.05, 3.63) is 58.0 Å². The predicted molar refractivity (Wildman–Crippen MR) is 151 cm³/mol. The van der Waals surface area contributed by atoms with Gasteiger partial charge in [-0.25, -0.2) is 9.78 Å². The number of hydrogen-bond donors (Lipinski definition) is 0. The van der Waals surface area contributed by atoms with Crippen molar-refractivity contribution in [2.45, 2.75) is 57.9 Å². The lowest BCUT2D eigenvalue weighted by Gasteiger charge is -2.49. The van der Waals surface area contributed by atoms with Gasteiger partial charge < -0.3 is 14.5 Å². The Morgan fingerprint density at radius 2 is 1.70 bits per heavy atom. The molecule has 3 aromatic rings. The molecule has 218 valence electrons. The number of aromatic nitrogens is 3. The van der Waals surface area contributed by atoms with Crippen molar-refractivity contribution >= 4 is 16.9 Å². The quantitative estimate of drug-likeness (QED) is 0.375. The zero-order valence-electron chi connectivity index (χ0n) is 24.1. The molecule has 0 aliphatic carbocycles. The topological polar surface area (TPSA) is 66.7 Å². The third-order valence-corrected chi connectivity index (χ3v) is 7.87. The summed E-state index contributed by atoms with van der Waals surface area (Å²) in [6.45, 7) is 8.75. The molecule has 8 nitrogen and oxygen atoms in total. The van der Waals surface area contributed by atoms with Gasteiger partial charge in [-0.15, -0.1) is 0 Å². The summed E-state index contributed by atoms with van der Waals surface area (Å²) in [4.78, 5) is 28.7. The van der Waals surface area contributed by atoms with Crippen LogP contribution in [-0.4, -0.2) is 76.8 Å². The Hall–Kier alpha value is -3.18. The van der Waals surface area contributed by atoms with Crippen LogP contribution in [0.1, 0.15) is 50.8 Å². The summed E-state index contributed by atoms with van der Waals surface area (Å²) in [6.07, 6.45) is -2.74. The van der Waals surface area contributed by atoms with Gasteiger partial charge in [-0.2, -0.15) is 18.2 Å². The van der Waals surface area contributed by atoms with Crippen LogP contribution < -0.4 is 15.3 Å². The van der Waals surface area contributed by atoms with Crippen LogP contribution in [0.3, 0.4) is 0 Å². The highest BCUT2D eigenvalue weighted by atomic mass is 19.4. The number of benzene rings is 1. The van der Waals surface area contributed by atoms with Crippen molar-refractivity contribution in [1.29, 1.82) is 0 Å². The van der Waals surface area contributed by atoms with Gasteiger partial charge in [-0.05, 0) is 57.6 Å². The van der Waals surface area contributed by atoms with Gasteiger partial charge in [0.05, 0.1) is 11.1 Å². The molecule has 4 rings (SSSR count). The van der Waals surface area contributed by atoms with Gasteiger partial charge in [0.25, 0.3) is 0 Å². The number of rotatable bonds is 9. The van der Waals surface area contributed by atoms with Crippen LogP contribution in [0, 0.1) is 0 Å². The van der Waals surface area contributed by atoms with Crippen molar-refractivity contribution in [2.24, 2.45) is 7.05 Å². The average molecular weight is 561 g/mol. The molecule has 1 aliphatic heterocycles. The number of alkyl halides is 3. The van der Waals surface area contributed by atoms with Gasteiger partial charge in [0, 0.05) is 50.9 Å². The molecule has 0 saturated carbocycles. The highest BCUT2D eigenvalue weighted by Gasteiger charge is 2.37. The molecule has 0 bridgehead atoms. The highest BCUT2D eigenvalue weighted by molar-refractivity contribution is 5.86. The number of nitrogens with zero attached hydrogens (tertiary/aromatic N) is 6. The zero-order chi connectivity index (χ0) is 29.2. The Morgan fingerprint density at radius 3 is 2.30 bits per heavy atom. The second-order valence-corrected chi connectivity index (χ2v) is 10.7. The van der Waals surface area contributed by atoms with Gasteiger partial charge in [-0.1, -0.05) is 26.0 Å². The highest BCUT2D eigenvalue weighted by Crippen LogP contribution is 2.35. The number of pyridine rings is 1. The van der Waals surface area contributed by atoms with E-state index >= 15 is 0 Å². The van der Waals surface area contributed by atoms with Gasteiger partial charge in [-0.3, -0.25) is 9.47 Å². The minimum absolute atomic E-state index is 0.0302. The van der Waals surface area contributed by atoms with Crippen LogP contribution >= 0.6 is 0 Å². The lowest BCUT2D eigenvalue weighted by atomic mass is 9.96. The van der Waals surface area contributed by atoms with E-state index in [9.17, 15) is 18.0 Å².